The summed E-state index contributed by atoms with van der Waals surface area (Å²) < 4.78 is 0. The summed E-state index contributed by atoms with van der Waals surface area (Å²) in [5.74, 6) is 1.73. The zero-order valence-electron chi connectivity index (χ0n) is 12.4. The van der Waals surface area contributed by atoms with Gasteiger partial charge in [0.1, 0.15) is 0 Å². The summed E-state index contributed by atoms with van der Waals surface area (Å²) in [6.07, 6.45) is 3.15. The van der Waals surface area contributed by atoms with Crippen LogP contribution in [0.4, 0.5) is 0 Å². The second-order valence-electron chi connectivity index (χ2n) is 7.28. The molecule has 1 N–H and O–H groups in total. The maximum atomic E-state index is 10.1. The molecule has 0 radical (unpaired) electrons. The van der Waals surface area contributed by atoms with Crippen molar-refractivity contribution in [3.63, 3.8) is 0 Å². The Labute approximate surface area is 103 Å². The molecular formula is C15H32O. The minimum atomic E-state index is -0.125. The number of aliphatic hydroxyl groups excluding tert-OH is 1. The Bertz CT molecular complexity index is 178. The summed E-state index contributed by atoms with van der Waals surface area (Å²) in [6.45, 7) is 15.7. The Morgan fingerprint density at radius 1 is 0.938 bits per heavy atom. The van der Waals surface area contributed by atoms with Gasteiger partial charge in [0.2, 0.25) is 0 Å². The topological polar surface area (TPSA) is 20.2 Å². The van der Waals surface area contributed by atoms with E-state index in [4.69, 9.17) is 0 Å². The fourth-order valence-corrected chi connectivity index (χ4v) is 2.67. The van der Waals surface area contributed by atoms with Crippen molar-refractivity contribution in [2.24, 2.45) is 23.2 Å². The molecule has 98 valence electrons. The van der Waals surface area contributed by atoms with Gasteiger partial charge >= 0.3 is 0 Å². The molecule has 0 rings (SSSR count). The minimum absolute atomic E-state index is 0.125. The van der Waals surface area contributed by atoms with Gasteiger partial charge in [-0.2, -0.15) is 0 Å². The molecule has 0 heterocycles. The van der Waals surface area contributed by atoms with E-state index in [9.17, 15) is 5.11 Å². The molecule has 16 heavy (non-hydrogen) atoms. The molecule has 3 unspecified atom stereocenters. The SMILES string of the molecule is CC(C)CC(C)C(O)CC(C)CC(C)(C)C. The van der Waals surface area contributed by atoms with Crippen LogP contribution >= 0.6 is 0 Å². The highest BCUT2D eigenvalue weighted by molar-refractivity contribution is 4.73. The van der Waals surface area contributed by atoms with Crippen molar-refractivity contribution in [1.82, 2.24) is 0 Å². The smallest absolute Gasteiger partial charge is 0.0568 e. The van der Waals surface area contributed by atoms with Crippen LogP contribution in [0.1, 0.15) is 67.7 Å². The Morgan fingerprint density at radius 2 is 1.44 bits per heavy atom. The van der Waals surface area contributed by atoms with Gasteiger partial charge in [0, 0.05) is 0 Å². The van der Waals surface area contributed by atoms with Crippen molar-refractivity contribution in [2.75, 3.05) is 0 Å². The van der Waals surface area contributed by atoms with Crippen LogP contribution < -0.4 is 0 Å². The van der Waals surface area contributed by atoms with Gasteiger partial charge in [-0.1, -0.05) is 48.5 Å². The average molecular weight is 228 g/mol. The number of hydrogen-bond donors (Lipinski definition) is 1. The number of aliphatic hydroxyl groups is 1. The molecule has 1 heteroatoms. The van der Waals surface area contributed by atoms with Gasteiger partial charge in [-0.15, -0.1) is 0 Å². The molecule has 0 aliphatic heterocycles. The molecule has 0 aliphatic rings. The molecule has 3 atom stereocenters. The average Bonchev–Trinajstić information content (AvgIpc) is 1.98. The van der Waals surface area contributed by atoms with Gasteiger partial charge in [0.05, 0.1) is 6.10 Å². The summed E-state index contributed by atoms with van der Waals surface area (Å²) in [5.41, 5.74) is 0.375. The molecular weight excluding hydrogens is 196 g/mol. The maximum absolute atomic E-state index is 10.1. The summed E-state index contributed by atoms with van der Waals surface area (Å²) in [5, 5.41) is 10.1. The van der Waals surface area contributed by atoms with Crippen molar-refractivity contribution in [3.8, 4) is 0 Å². The van der Waals surface area contributed by atoms with Gasteiger partial charge in [-0.3, -0.25) is 0 Å². The lowest BCUT2D eigenvalue weighted by Gasteiger charge is -2.27. The van der Waals surface area contributed by atoms with Gasteiger partial charge < -0.3 is 5.11 Å². The third-order valence-corrected chi connectivity index (χ3v) is 3.10. The van der Waals surface area contributed by atoms with E-state index in [1.54, 1.807) is 0 Å². The Morgan fingerprint density at radius 3 is 1.81 bits per heavy atom. The van der Waals surface area contributed by atoms with Crippen LogP contribution in [-0.4, -0.2) is 11.2 Å². The number of rotatable bonds is 6. The first-order valence-corrected chi connectivity index (χ1v) is 6.80. The molecule has 0 amide bonds. The van der Waals surface area contributed by atoms with E-state index < -0.39 is 0 Å². The monoisotopic (exact) mass is 228 g/mol. The van der Waals surface area contributed by atoms with Crippen LogP contribution in [0, 0.1) is 23.2 Å². The van der Waals surface area contributed by atoms with E-state index in [2.05, 4.69) is 48.5 Å². The quantitative estimate of drug-likeness (QED) is 0.710. The molecule has 0 bridgehead atoms. The van der Waals surface area contributed by atoms with Crippen LogP contribution in [0.15, 0.2) is 0 Å². The molecule has 0 saturated carbocycles. The van der Waals surface area contributed by atoms with Crippen molar-refractivity contribution >= 4 is 0 Å². The highest BCUT2D eigenvalue weighted by atomic mass is 16.3. The van der Waals surface area contributed by atoms with Crippen LogP contribution in [0.25, 0.3) is 0 Å². The molecule has 0 aromatic carbocycles. The Balaban J connectivity index is 3.98. The zero-order chi connectivity index (χ0) is 12.9. The molecule has 1 nitrogen and oxygen atoms in total. The highest BCUT2D eigenvalue weighted by Crippen LogP contribution is 2.28. The molecule has 0 spiro atoms. The van der Waals surface area contributed by atoms with Crippen molar-refractivity contribution in [2.45, 2.75) is 73.8 Å². The summed E-state index contributed by atoms with van der Waals surface area (Å²) in [4.78, 5) is 0. The summed E-state index contributed by atoms with van der Waals surface area (Å²) in [6, 6.07) is 0. The lowest BCUT2D eigenvalue weighted by molar-refractivity contribution is 0.0747. The second-order valence-corrected chi connectivity index (χ2v) is 7.28. The van der Waals surface area contributed by atoms with E-state index in [1.807, 2.05) is 0 Å². The van der Waals surface area contributed by atoms with E-state index >= 15 is 0 Å². The summed E-state index contributed by atoms with van der Waals surface area (Å²) >= 11 is 0. The van der Waals surface area contributed by atoms with Crippen molar-refractivity contribution in [1.29, 1.82) is 0 Å². The van der Waals surface area contributed by atoms with Crippen LogP contribution in [0.5, 0.6) is 0 Å². The number of hydrogen-bond acceptors (Lipinski definition) is 1. The van der Waals surface area contributed by atoms with Crippen LogP contribution in [0.2, 0.25) is 0 Å². The predicted molar refractivity (Wildman–Crippen MR) is 72.5 cm³/mol. The normalized spacial score (nSPS) is 18.6. The van der Waals surface area contributed by atoms with E-state index in [1.165, 1.54) is 6.42 Å². The van der Waals surface area contributed by atoms with Crippen molar-refractivity contribution < 1.29 is 5.11 Å². The zero-order valence-corrected chi connectivity index (χ0v) is 12.4. The third kappa shape index (κ3) is 8.15. The molecule has 0 aromatic rings. The molecule has 0 saturated heterocycles. The maximum Gasteiger partial charge on any atom is 0.0568 e. The lowest BCUT2D eigenvalue weighted by Crippen LogP contribution is -2.23. The van der Waals surface area contributed by atoms with Gasteiger partial charge in [-0.05, 0) is 42.4 Å². The largest absolute Gasteiger partial charge is 0.393 e. The Kier molecular flexibility index (Phi) is 6.62. The fraction of sp³-hybridized carbons (Fsp3) is 1.00. The van der Waals surface area contributed by atoms with Crippen LogP contribution in [-0.2, 0) is 0 Å². The standard InChI is InChI=1S/C15H32O/c1-11(2)8-13(4)14(16)9-12(3)10-15(5,6)7/h11-14,16H,8-10H2,1-7H3. The summed E-state index contributed by atoms with van der Waals surface area (Å²) in [7, 11) is 0. The molecule has 0 aliphatic carbocycles. The van der Waals surface area contributed by atoms with Crippen molar-refractivity contribution in [3.05, 3.63) is 0 Å². The molecule has 0 fully saturated rings. The first-order chi connectivity index (χ1) is 7.11. The fourth-order valence-electron chi connectivity index (χ4n) is 2.67. The third-order valence-electron chi connectivity index (χ3n) is 3.10. The van der Waals surface area contributed by atoms with Gasteiger partial charge in [0.15, 0.2) is 0 Å². The van der Waals surface area contributed by atoms with Gasteiger partial charge in [-0.25, -0.2) is 0 Å². The second kappa shape index (κ2) is 6.64. The Hall–Kier alpha value is -0.0400. The minimum Gasteiger partial charge on any atom is -0.393 e. The first-order valence-electron chi connectivity index (χ1n) is 6.80. The van der Waals surface area contributed by atoms with Crippen LogP contribution in [0.3, 0.4) is 0 Å². The predicted octanol–water partition coefficient (Wildman–Crippen LogP) is 4.49. The van der Waals surface area contributed by atoms with E-state index in [-0.39, 0.29) is 6.10 Å². The van der Waals surface area contributed by atoms with Gasteiger partial charge in [0.25, 0.3) is 0 Å². The van der Waals surface area contributed by atoms with E-state index in [0.29, 0.717) is 23.2 Å². The van der Waals surface area contributed by atoms with E-state index in [0.717, 1.165) is 12.8 Å². The highest BCUT2D eigenvalue weighted by Gasteiger charge is 2.21. The first kappa shape index (κ1) is 16.0. The molecule has 0 aromatic heterocycles. The lowest BCUT2D eigenvalue weighted by atomic mass is 9.81.